The van der Waals surface area contributed by atoms with Crippen LogP contribution >= 0.6 is 23.2 Å². The lowest BCUT2D eigenvalue weighted by atomic mass is 10.0. The molecule has 0 aromatic heterocycles. The van der Waals surface area contributed by atoms with Crippen molar-refractivity contribution >= 4 is 33.0 Å². The Morgan fingerprint density at radius 2 is 1.26 bits per heavy atom. The van der Waals surface area contributed by atoms with Gasteiger partial charge in [-0.15, -0.1) is 0 Å². The van der Waals surface area contributed by atoms with Crippen LogP contribution in [0.5, 0.6) is 0 Å². The van der Waals surface area contributed by atoms with Gasteiger partial charge in [-0.2, -0.15) is 0 Å². The first kappa shape index (κ1) is 18.3. The van der Waals surface area contributed by atoms with Crippen LogP contribution in [0.4, 0.5) is 0 Å². The van der Waals surface area contributed by atoms with E-state index >= 15 is 0 Å². The molecular weight excluding hydrogens is 351 g/mol. The Hall–Kier alpha value is -1.03. The van der Waals surface area contributed by atoms with Gasteiger partial charge in [0.25, 0.3) is 0 Å². The van der Waals surface area contributed by atoms with Gasteiger partial charge in [0.1, 0.15) is 0 Å². The van der Waals surface area contributed by atoms with Gasteiger partial charge in [-0.25, -0.2) is 8.42 Å². The molecule has 0 saturated heterocycles. The van der Waals surface area contributed by atoms with Gasteiger partial charge in [0, 0.05) is 10.0 Å². The molecular formula is C18H20Cl2O2S. The molecule has 0 bridgehead atoms. The van der Waals surface area contributed by atoms with Gasteiger partial charge in [0.2, 0.25) is 9.84 Å². The zero-order valence-electron chi connectivity index (χ0n) is 13.6. The predicted octanol–water partition coefficient (Wildman–Crippen LogP) is 6.07. The van der Waals surface area contributed by atoms with Crippen molar-refractivity contribution < 1.29 is 8.42 Å². The van der Waals surface area contributed by atoms with E-state index in [9.17, 15) is 8.42 Å². The van der Waals surface area contributed by atoms with E-state index < -0.39 is 9.84 Å². The van der Waals surface area contributed by atoms with Crippen LogP contribution in [0.3, 0.4) is 0 Å². The standard InChI is InChI=1S/C18H20Cl2O2S/c1-11(2)13-5-7-14(8-6-13)23(21,22)15-9-16(19)18(12(3)4)17(20)10-15/h5-12H,1-4H3. The average Bonchev–Trinajstić information content (AvgIpc) is 2.46. The van der Waals surface area contributed by atoms with E-state index in [0.29, 0.717) is 16.0 Å². The summed E-state index contributed by atoms with van der Waals surface area (Å²) in [7, 11) is -3.64. The highest BCUT2D eigenvalue weighted by Gasteiger charge is 2.21. The number of halogens is 2. The average molecular weight is 371 g/mol. The van der Waals surface area contributed by atoms with E-state index in [0.717, 1.165) is 11.1 Å². The summed E-state index contributed by atoms with van der Waals surface area (Å²) in [6.45, 7) is 8.05. The first-order valence-corrected chi connectivity index (χ1v) is 9.72. The normalized spacial score (nSPS) is 12.2. The van der Waals surface area contributed by atoms with Gasteiger partial charge < -0.3 is 0 Å². The SMILES string of the molecule is CC(C)c1ccc(S(=O)(=O)c2cc(Cl)c(C(C)C)c(Cl)c2)cc1. The second kappa shape index (κ2) is 6.84. The molecule has 124 valence electrons. The van der Waals surface area contributed by atoms with Crippen molar-refractivity contribution in [3.8, 4) is 0 Å². The summed E-state index contributed by atoms with van der Waals surface area (Å²) in [5.74, 6) is 0.470. The van der Waals surface area contributed by atoms with E-state index in [1.807, 2.05) is 26.0 Å². The van der Waals surface area contributed by atoms with Crippen molar-refractivity contribution in [1.82, 2.24) is 0 Å². The summed E-state index contributed by atoms with van der Waals surface area (Å²) in [5, 5.41) is 0.759. The van der Waals surface area contributed by atoms with Crippen molar-refractivity contribution in [3.05, 3.63) is 57.6 Å². The molecule has 0 aliphatic heterocycles. The van der Waals surface area contributed by atoms with Crippen LogP contribution in [0, 0.1) is 0 Å². The minimum atomic E-state index is -3.64. The Labute approximate surface area is 148 Å². The fourth-order valence-electron chi connectivity index (χ4n) is 2.44. The third kappa shape index (κ3) is 3.73. The molecule has 0 saturated carbocycles. The minimum absolute atomic E-state index is 0.120. The fraction of sp³-hybridized carbons (Fsp3) is 0.333. The lowest BCUT2D eigenvalue weighted by molar-refractivity contribution is 0.596. The fourth-order valence-corrected chi connectivity index (χ4v) is 4.80. The molecule has 2 aromatic carbocycles. The van der Waals surface area contributed by atoms with Gasteiger partial charge in [-0.05, 0) is 47.2 Å². The van der Waals surface area contributed by atoms with Crippen LogP contribution in [0.1, 0.15) is 50.7 Å². The molecule has 2 rings (SSSR count). The molecule has 0 unspecified atom stereocenters. The van der Waals surface area contributed by atoms with Crippen molar-refractivity contribution in [3.63, 3.8) is 0 Å². The first-order valence-electron chi connectivity index (χ1n) is 7.48. The van der Waals surface area contributed by atoms with Crippen LogP contribution < -0.4 is 0 Å². The number of rotatable bonds is 4. The van der Waals surface area contributed by atoms with Crippen LogP contribution in [0.15, 0.2) is 46.2 Å². The maximum atomic E-state index is 12.8. The van der Waals surface area contributed by atoms with E-state index in [1.165, 1.54) is 12.1 Å². The summed E-state index contributed by atoms with van der Waals surface area (Å²) in [4.78, 5) is 0.362. The van der Waals surface area contributed by atoms with Gasteiger partial charge in [0.05, 0.1) is 9.79 Å². The number of hydrogen-bond acceptors (Lipinski definition) is 2. The number of benzene rings is 2. The molecule has 0 spiro atoms. The topological polar surface area (TPSA) is 34.1 Å². The molecule has 0 aliphatic rings. The van der Waals surface area contributed by atoms with Crippen molar-refractivity contribution in [2.75, 3.05) is 0 Å². The van der Waals surface area contributed by atoms with Gasteiger partial charge >= 0.3 is 0 Å². The second-order valence-corrected chi connectivity index (χ2v) is 8.95. The Morgan fingerprint density at radius 3 is 1.65 bits per heavy atom. The lowest BCUT2D eigenvalue weighted by Gasteiger charge is -2.14. The maximum absolute atomic E-state index is 12.8. The van der Waals surface area contributed by atoms with Crippen molar-refractivity contribution in [1.29, 1.82) is 0 Å². The minimum Gasteiger partial charge on any atom is -0.219 e. The third-order valence-corrected chi connectivity index (χ3v) is 6.17. The predicted molar refractivity (Wildman–Crippen MR) is 96.5 cm³/mol. The third-order valence-electron chi connectivity index (χ3n) is 3.80. The summed E-state index contributed by atoms with van der Waals surface area (Å²) in [6, 6.07) is 9.89. The van der Waals surface area contributed by atoms with Crippen LogP contribution in [0.25, 0.3) is 0 Å². The highest BCUT2D eigenvalue weighted by atomic mass is 35.5. The van der Waals surface area contributed by atoms with E-state index in [4.69, 9.17) is 23.2 Å². The van der Waals surface area contributed by atoms with Gasteiger partial charge in [-0.1, -0.05) is 63.0 Å². The Balaban J connectivity index is 2.52. The summed E-state index contributed by atoms with van der Waals surface area (Å²) >= 11 is 12.5. The maximum Gasteiger partial charge on any atom is 0.206 e. The molecule has 0 heterocycles. The zero-order valence-corrected chi connectivity index (χ0v) is 15.9. The Kier molecular flexibility index (Phi) is 5.44. The largest absolute Gasteiger partial charge is 0.219 e. The highest BCUT2D eigenvalue weighted by molar-refractivity contribution is 7.91. The molecule has 0 atom stereocenters. The molecule has 0 radical (unpaired) electrons. The summed E-state index contributed by atoms with van der Waals surface area (Å²) in [6.07, 6.45) is 0. The van der Waals surface area contributed by atoms with Crippen LogP contribution in [0.2, 0.25) is 10.0 Å². The molecule has 2 nitrogen and oxygen atoms in total. The van der Waals surface area contributed by atoms with Crippen molar-refractivity contribution in [2.24, 2.45) is 0 Å². The lowest BCUT2D eigenvalue weighted by Crippen LogP contribution is -2.04. The summed E-state index contributed by atoms with van der Waals surface area (Å²) in [5.41, 5.74) is 1.86. The second-order valence-electron chi connectivity index (χ2n) is 6.18. The Bertz CT molecular complexity index is 784. The van der Waals surface area contributed by atoms with Crippen molar-refractivity contribution in [2.45, 2.75) is 49.3 Å². The Morgan fingerprint density at radius 1 is 0.783 bits per heavy atom. The molecule has 2 aromatic rings. The quantitative estimate of drug-likeness (QED) is 0.653. The zero-order chi connectivity index (χ0) is 17.4. The molecule has 0 N–H and O–H groups in total. The number of hydrogen-bond donors (Lipinski definition) is 0. The number of sulfone groups is 1. The molecule has 23 heavy (non-hydrogen) atoms. The van der Waals surface area contributed by atoms with E-state index in [2.05, 4.69) is 13.8 Å². The first-order chi connectivity index (χ1) is 10.6. The monoisotopic (exact) mass is 370 g/mol. The molecule has 0 aliphatic carbocycles. The van der Waals surface area contributed by atoms with Gasteiger partial charge in [0.15, 0.2) is 0 Å². The van der Waals surface area contributed by atoms with E-state index in [-0.39, 0.29) is 15.7 Å². The molecule has 0 fully saturated rings. The van der Waals surface area contributed by atoms with Crippen LogP contribution in [-0.2, 0) is 9.84 Å². The summed E-state index contributed by atoms with van der Waals surface area (Å²) < 4.78 is 25.6. The molecule has 0 amide bonds. The highest BCUT2D eigenvalue weighted by Crippen LogP contribution is 2.35. The van der Waals surface area contributed by atoms with Gasteiger partial charge in [-0.3, -0.25) is 0 Å². The smallest absolute Gasteiger partial charge is 0.206 e. The van der Waals surface area contributed by atoms with E-state index in [1.54, 1.807) is 12.1 Å². The van der Waals surface area contributed by atoms with Crippen LogP contribution in [-0.4, -0.2) is 8.42 Å². The molecule has 5 heteroatoms.